The molecular formula is C12H19N3O2. The van der Waals surface area contributed by atoms with Crippen LogP contribution in [0.2, 0.25) is 0 Å². The maximum atomic E-state index is 12.0. The van der Waals surface area contributed by atoms with Gasteiger partial charge in [-0.15, -0.1) is 0 Å². The highest BCUT2D eigenvalue weighted by molar-refractivity contribution is 5.82. The third kappa shape index (κ3) is 3.45. The van der Waals surface area contributed by atoms with E-state index in [1.807, 2.05) is 13.8 Å². The molecule has 0 bridgehead atoms. The maximum absolute atomic E-state index is 12.0. The van der Waals surface area contributed by atoms with Crippen molar-refractivity contribution in [3.8, 4) is 6.07 Å². The lowest BCUT2D eigenvalue weighted by Gasteiger charge is -2.21. The number of hydrogen-bond acceptors (Lipinski definition) is 3. The van der Waals surface area contributed by atoms with E-state index in [1.54, 1.807) is 4.90 Å². The van der Waals surface area contributed by atoms with Crippen LogP contribution in [0.3, 0.4) is 0 Å². The number of rotatable bonds is 3. The van der Waals surface area contributed by atoms with Gasteiger partial charge in [0.15, 0.2) is 0 Å². The second-order valence-electron chi connectivity index (χ2n) is 4.82. The molecule has 1 N–H and O–H groups in total. The molecule has 1 aliphatic heterocycles. The molecule has 1 heterocycles. The van der Waals surface area contributed by atoms with E-state index >= 15 is 0 Å². The van der Waals surface area contributed by atoms with E-state index in [2.05, 4.69) is 11.4 Å². The number of likely N-dealkylation sites (tertiary alicyclic amines) is 1. The largest absolute Gasteiger partial charge is 0.352 e. The van der Waals surface area contributed by atoms with Crippen molar-refractivity contribution in [2.75, 3.05) is 13.1 Å². The fraction of sp³-hybridized carbons (Fsp3) is 0.750. The number of nitrogens with zero attached hydrogens (tertiary/aromatic N) is 2. The summed E-state index contributed by atoms with van der Waals surface area (Å²) in [4.78, 5) is 24.6. The first-order chi connectivity index (χ1) is 7.95. The molecular weight excluding hydrogens is 218 g/mol. The van der Waals surface area contributed by atoms with Crippen LogP contribution >= 0.6 is 0 Å². The van der Waals surface area contributed by atoms with E-state index in [-0.39, 0.29) is 23.8 Å². The lowest BCUT2D eigenvalue weighted by molar-refractivity contribution is -0.134. The molecule has 0 radical (unpaired) electrons. The van der Waals surface area contributed by atoms with E-state index in [1.165, 1.54) is 6.92 Å². The summed E-state index contributed by atoms with van der Waals surface area (Å²) in [6.07, 6.45) is 0.765. The molecule has 1 rings (SSSR count). The molecule has 0 aromatic heterocycles. The zero-order valence-corrected chi connectivity index (χ0v) is 10.6. The third-order valence-electron chi connectivity index (χ3n) is 2.98. The van der Waals surface area contributed by atoms with Crippen molar-refractivity contribution in [2.45, 2.75) is 33.2 Å². The Morgan fingerprint density at radius 3 is 2.59 bits per heavy atom. The average Bonchev–Trinajstić information content (AvgIpc) is 2.65. The molecule has 2 unspecified atom stereocenters. The molecule has 94 valence electrons. The van der Waals surface area contributed by atoms with E-state index in [4.69, 9.17) is 5.26 Å². The summed E-state index contributed by atoms with van der Waals surface area (Å²) in [6.45, 7) is 6.34. The van der Waals surface area contributed by atoms with Gasteiger partial charge in [0.05, 0.1) is 6.07 Å². The summed E-state index contributed by atoms with van der Waals surface area (Å²) in [7, 11) is 0. The fourth-order valence-electron chi connectivity index (χ4n) is 2.05. The van der Waals surface area contributed by atoms with Crippen molar-refractivity contribution >= 4 is 11.8 Å². The Hall–Kier alpha value is -1.57. The summed E-state index contributed by atoms with van der Waals surface area (Å²) in [6, 6.07) is 2.09. The molecule has 1 aliphatic rings. The van der Waals surface area contributed by atoms with Crippen LogP contribution in [0.4, 0.5) is 0 Å². The van der Waals surface area contributed by atoms with Crippen LogP contribution in [-0.4, -0.2) is 35.8 Å². The zero-order chi connectivity index (χ0) is 13.0. The maximum Gasteiger partial charge on any atom is 0.240 e. The van der Waals surface area contributed by atoms with Gasteiger partial charge >= 0.3 is 0 Å². The quantitative estimate of drug-likeness (QED) is 0.777. The van der Waals surface area contributed by atoms with E-state index in [9.17, 15) is 9.59 Å². The Morgan fingerprint density at radius 2 is 2.12 bits per heavy atom. The monoisotopic (exact) mass is 237 g/mol. The summed E-state index contributed by atoms with van der Waals surface area (Å²) in [5, 5.41) is 11.8. The highest BCUT2D eigenvalue weighted by Gasteiger charge is 2.32. The van der Waals surface area contributed by atoms with E-state index < -0.39 is 5.92 Å². The molecule has 0 aromatic rings. The van der Waals surface area contributed by atoms with Crippen molar-refractivity contribution in [2.24, 2.45) is 11.8 Å². The van der Waals surface area contributed by atoms with Gasteiger partial charge in [-0.25, -0.2) is 0 Å². The van der Waals surface area contributed by atoms with Gasteiger partial charge in [0.1, 0.15) is 5.92 Å². The molecule has 0 aliphatic carbocycles. The lowest BCUT2D eigenvalue weighted by atomic mass is 9.96. The van der Waals surface area contributed by atoms with E-state index in [0.29, 0.717) is 13.1 Å². The topological polar surface area (TPSA) is 73.2 Å². The Morgan fingerprint density at radius 1 is 1.47 bits per heavy atom. The number of nitrogens with one attached hydrogen (secondary N) is 1. The number of nitriles is 1. The molecule has 5 nitrogen and oxygen atoms in total. The van der Waals surface area contributed by atoms with Gasteiger partial charge < -0.3 is 10.2 Å². The van der Waals surface area contributed by atoms with Crippen LogP contribution in [0.1, 0.15) is 27.2 Å². The fourth-order valence-corrected chi connectivity index (χ4v) is 2.05. The summed E-state index contributed by atoms with van der Waals surface area (Å²) < 4.78 is 0. The second-order valence-corrected chi connectivity index (χ2v) is 4.82. The van der Waals surface area contributed by atoms with Gasteiger partial charge in [0, 0.05) is 26.1 Å². The van der Waals surface area contributed by atoms with Crippen molar-refractivity contribution in [1.82, 2.24) is 10.2 Å². The predicted molar refractivity (Wildman–Crippen MR) is 62.7 cm³/mol. The molecule has 0 aromatic carbocycles. The normalized spacial score (nSPS) is 21.1. The molecule has 2 amide bonds. The zero-order valence-electron chi connectivity index (χ0n) is 10.6. The van der Waals surface area contributed by atoms with Crippen molar-refractivity contribution in [3.05, 3.63) is 0 Å². The Labute approximate surface area is 102 Å². The van der Waals surface area contributed by atoms with Crippen molar-refractivity contribution < 1.29 is 9.59 Å². The summed E-state index contributed by atoms with van der Waals surface area (Å²) >= 11 is 0. The minimum atomic E-state index is -0.578. The molecule has 5 heteroatoms. The van der Waals surface area contributed by atoms with Gasteiger partial charge in [-0.3, -0.25) is 9.59 Å². The first-order valence-corrected chi connectivity index (χ1v) is 5.91. The second kappa shape index (κ2) is 5.67. The Balaban J connectivity index is 2.56. The number of carbonyl (C=O) groups is 2. The van der Waals surface area contributed by atoms with Crippen LogP contribution in [0.15, 0.2) is 0 Å². The van der Waals surface area contributed by atoms with Crippen molar-refractivity contribution in [3.63, 3.8) is 0 Å². The van der Waals surface area contributed by atoms with Crippen LogP contribution in [0, 0.1) is 23.2 Å². The molecule has 1 fully saturated rings. The predicted octanol–water partition coefficient (Wildman–Crippen LogP) is 0.519. The number of amides is 2. The SMILES string of the molecule is CC(=O)NC1CCN(C(=O)C(C#N)C(C)C)C1. The Bertz CT molecular complexity index is 346. The molecule has 0 spiro atoms. The summed E-state index contributed by atoms with van der Waals surface area (Å²) in [5.74, 6) is -0.751. The first kappa shape index (κ1) is 13.5. The minimum Gasteiger partial charge on any atom is -0.352 e. The lowest BCUT2D eigenvalue weighted by Crippen LogP contribution is -2.40. The Kier molecular flexibility index (Phi) is 4.50. The van der Waals surface area contributed by atoms with Gasteiger partial charge in [-0.1, -0.05) is 13.8 Å². The molecule has 2 atom stereocenters. The molecule has 1 saturated heterocycles. The van der Waals surface area contributed by atoms with Crippen LogP contribution in [0.25, 0.3) is 0 Å². The van der Waals surface area contributed by atoms with Crippen LogP contribution in [-0.2, 0) is 9.59 Å². The third-order valence-corrected chi connectivity index (χ3v) is 2.98. The van der Waals surface area contributed by atoms with Crippen LogP contribution < -0.4 is 5.32 Å². The smallest absolute Gasteiger partial charge is 0.240 e. The first-order valence-electron chi connectivity index (χ1n) is 5.91. The minimum absolute atomic E-state index is 0.0207. The van der Waals surface area contributed by atoms with Gasteiger partial charge in [-0.2, -0.15) is 5.26 Å². The van der Waals surface area contributed by atoms with E-state index in [0.717, 1.165) is 6.42 Å². The highest BCUT2D eigenvalue weighted by atomic mass is 16.2. The van der Waals surface area contributed by atoms with Gasteiger partial charge in [0.2, 0.25) is 11.8 Å². The van der Waals surface area contributed by atoms with Gasteiger partial charge in [-0.05, 0) is 12.3 Å². The van der Waals surface area contributed by atoms with Crippen molar-refractivity contribution in [1.29, 1.82) is 5.26 Å². The van der Waals surface area contributed by atoms with Crippen LogP contribution in [0.5, 0.6) is 0 Å². The standard InChI is InChI=1S/C12H19N3O2/c1-8(2)11(6-13)12(17)15-5-4-10(7-15)14-9(3)16/h8,10-11H,4-5,7H2,1-3H3,(H,14,16). The number of carbonyl (C=O) groups excluding carboxylic acids is 2. The molecule has 17 heavy (non-hydrogen) atoms. The van der Waals surface area contributed by atoms with Gasteiger partial charge in [0.25, 0.3) is 0 Å². The number of hydrogen-bond donors (Lipinski definition) is 1. The highest BCUT2D eigenvalue weighted by Crippen LogP contribution is 2.17. The average molecular weight is 237 g/mol. The molecule has 0 saturated carbocycles. The summed E-state index contributed by atoms with van der Waals surface area (Å²) in [5.41, 5.74) is 0.